The Hall–Kier alpha value is -3.30. The van der Waals surface area contributed by atoms with Crippen LogP contribution in [0.2, 0.25) is 0 Å². The minimum Gasteiger partial charge on any atom is -0.340 e. The minimum atomic E-state index is -0.208. The first kappa shape index (κ1) is 33.2. The van der Waals surface area contributed by atoms with Gasteiger partial charge in [-0.15, -0.1) is 13.2 Å². The molecule has 8 heteroatoms. The number of hydrogen-bond donors (Lipinski definition) is 2. The third-order valence-electron chi connectivity index (χ3n) is 7.79. The molecule has 2 aromatic carbocycles. The van der Waals surface area contributed by atoms with Crippen molar-refractivity contribution in [2.75, 3.05) is 66.5 Å². The Morgan fingerprint density at radius 1 is 0.762 bits per heavy atom. The van der Waals surface area contributed by atoms with E-state index >= 15 is 0 Å². The molecule has 4 atom stereocenters. The van der Waals surface area contributed by atoms with E-state index in [0.29, 0.717) is 25.2 Å². The van der Waals surface area contributed by atoms with E-state index < -0.39 is 0 Å². The summed E-state index contributed by atoms with van der Waals surface area (Å²) in [7, 11) is 3.68. The van der Waals surface area contributed by atoms with Crippen LogP contribution in [0, 0.1) is 0 Å². The summed E-state index contributed by atoms with van der Waals surface area (Å²) >= 11 is 0. The van der Waals surface area contributed by atoms with Crippen LogP contribution in [0.3, 0.4) is 0 Å². The van der Waals surface area contributed by atoms with Crippen LogP contribution in [0.15, 0.2) is 86.0 Å². The number of likely N-dealkylation sites (N-methyl/N-ethyl adjacent to an activating group) is 2. The van der Waals surface area contributed by atoms with Crippen LogP contribution in [0.5, 0.6) is 0 Å². The summed E-state index contributed by atoms with van der Waals surface area (Å²) in [6.07, 6.45) is 3.53. The quantitative estimate of drug-likeness (QED) is 0.425. The second kappa shape index (κ2) is 17.0. The Bertz CT molecular complexity index is 1040. The Labute approximate surface area is 253 Å². The number of benzene rings is 2. The Kier molecular flexibility index (Phi) is 13.4. The molecular weight excluding hydrogens is 524 g/mol. The molecule has 2 fully saturated rings. The molecular formula is C34H50N6O2. The monoisotopic (exact) mass is 574 g/mol. The van der Waals surface area contributed by atoms with Gasteiger partial charge in [-0.2, -0.15) is 0 Å². The van der Waals surface area contributed by atoms with Crippen molar-refractivity contribution >= 4 is 11.8 Å². The number of amides is 2. The molecule has 0 aromatic heterocycles. The summed E-state index contributed by atoms with van der Waals surface area (Å²) in [6, 6.07) is 20.5. The van der Waals surface area contributed by atoms with E-state index in [0.717, 1.165) is 50.4 Å². The van der Waals surface area contributed by atoms with E-state index in [2.05, 4.69) is 47.4 Å². The van der Waals surface area contributed by atoms with E-state index in [1.807, 2.05) is 74.8 Å². The zero-order chi connectivity index (χ0) is 30.5. The Morgan fingerprint density at radius 3 is 1.43 bits per heavy atom. The molecule has 0 radical (unpaired) electrons. The fourth-order valence-corrected chi connectivity index (χ4v) is 5.67. The number of piperazine rings is 2. The fourth-order valence-electron chi connectivity index (χ4n) is 5.67. The number of hydrogen-bond acceptors (Lipinski definition) is 6. The Morgan fingerprint density at radius 2 is 1.12 bits per heavy atom. The summed E-state index contributed by atoms with van der Waals surface area (Å²) in [5.41, 5.74) is 2.13. The highest BCUT2D eigenvalue weighted by molar-refractivity contribution is 5.84. The highest BCUT2D eigenvalue weighted by Crippen LogP contribution is 2.25. The van der Waals surface area contributed by atoms with Gasteiger partial charge < -0.3 is 20.4 Å². The van der Waals surface area contributed by atoms with Gasteiger partial charge in [0.25, 0.3) is 0 Å². The van der Waals surface area contributed by atoms with Crippen molar-refractivity contribution in [3.05, 3.63) is 97.1 Å². The van der Waals surface area contributed by atoms with Crippen molar-refractivity contribution in [1.82, 2.24) is 30.2 Å². The lowest BCUT2D eigenvalue weighted by molar-refractivity contribution is -0.136. The molecule has 0 aliphatic carbocycles. The summed E-state index contributed by atoms with van der Waals surface area (Å²) in [6.45, 7) is 18.3. The molecule has 228 valence electrons. The first-order chi connectivity index (χ1) is 20.3. The molecule has 0 bridgehead atoms. The number of nitrogens with zero attached hydrogens (tertiary/aromatic N) is 4. The highest BCUT2D eigenvalue weighted by Gasteiger charge is 2.33. The van der Waals surface area contributed by atoms with Gasteiger partial charge >= 0.3 is 0 Å². The molecule has 42 heavy (non-hydrogen) atoms. The molecule has 2 heterocycles. The fraction of sp³-hybridized carbons (Fsp3) is 0.471. The molecule has 2 aromatic rings. The zero-order valence-corrected chi connectivity index (χ0v) is 25.9. The molecule has 0 saturated carbocycles. The maximum atomic E-state index is 12.9. The summed E-state index contributed by atoms with van der Waals surface area (Å²) in [4.78, 5) is 33.8. The third kappa shape index (κ3) is 9.36. The van der Waals surface area contributed by atoms with E-state index in [-0.39, 0.29) is 23.9 Å². The van der Waals surface area contributed by atoms with E-state index in [1.54, 1.807) is 22.0 Å². The molecule has 2 aliphatic rings. The smallest absolute Gasteiger partial charge is 0.244 e. The summed E-state index contributed by atoms with van der Waals surface area (Å²) in [5.74, 6) is 0.269. The van der Waals surface area contributed by atoms with Crippen LogP contribution < -0.4 is 10.6 Å². The van der Waals surface area contributed by atoms with Crippen LogP contribution in [-0.4, -0.2) is 110 Å². The van der Waals surface area contributed by atoms with Crippen LogP contribution in [0.4, 0.5) is 0 Å². The van der Waals surface area contributed by atoms with Crippen LogP contribution in [0.25, 0.3) is 0 Å². The number of carbonyl (C=O) groups is 2. The Balaban J connectivity index is 0.000000230. The average Bonchev–Trinajstić information content (AvgIpc) is 2.99. The summed E-state index contributed by atoms with van der Waals surface area (Å²) < 4.78 is 0. The maximum absolute atomic E-state index is 12.9. The lowest BCUT2D eigenvalue weighted by atomic mass is 10.0. The summed E-state index contributed by atoms with van der Waals surface area (Å²) in [5, 5.41) is 6.86. The van der Waals surface area contributed by atoms with Gasteiger partial charge in [-0.1, -0.05) is 72.8 Å². The largest absolute Gasteiger partial charge is 0.340 e. The van der Waals surface area contributed by atoms with Crippen molar-refractivity contribution in [1.29, 1.82) is 0 Å². The molecule has 2 amide bonds. The standard InChI is InChI=1S/2C17H25N3O/c2*1-4-11-19(3)17(21)16(15-8-6-5-7-9-15)20-12-10-18-14(2)13-20/h2*4-9,14,16,18H,1,10-13H2,2-3H3/t14-,16+;14-,16-/m11/s1. The average molecular weight is 575 g/mol. The predicted octanol–water partition coefficient (Wildman–Crippen LogP) is 3.33. The first-order valence-corrected chi connectivity index (χ1v) is 15.0. The molecule has 2 N–H and O–H groups in total. The molecule has 8 nitrogen and oxygen atoms in total. The van der Waals surface area contributed by atoms with Crippen LogP contribution in [-0.2, 0) is 9.59 Å². The van der Waals surface area contributed by atoms with Gasteiger partial charge in [0, 0.05) is 78.5 Å². The van der Waals surface area contributed by atoms with Gasteiger partial charge in [0.15, 0.2) is 0 Å². The first-order valence-electron chi connectivity index (χ1n) is 15.0. The van der Waals surface area contributed by atoms with Gasteiger partial charge in [0.2, 0.25) is 11.8 Å². The van der Waals surface area contributed by atoms with E-state index in [4.69, 9.17) is 0 Å². The molecule has 2 aliphatic heterocycles. The topological polar surface area (TPSA) is 71.2 Å². The van der Waals surface area contributed by atoms with Crippen molar-refractivity contribution in [2.24, 2.45) is 0 Å². The van der Waals surface area contributed by atoms with Crippen LogP contribution in [0.1, 0.15) is 37.1 Å². The number of rotatable bonds is 10. The molecule has 4 rings (SSSR count). The van der Waals surface area contributed by atoms with Gasteiger partial charge in [0.1, 0.15) is 12.1 Å². The number of nitrogens with one attached hydrogen (secondary N) is 2. The lowest BCUT2D eigenvalue weighted by Crippen LogP contribution is -2.53. The van der Waals surface area contributed by atoms with Crippen molar-refractivity contribution < 1.29 is 9.59 Å². The van der Waals surface area contributed by atoms with Crippen LogP contribution >= 0.6 is 0 Å². The van der Waals surface area contributed by atoms with Crippen molar-refractivity contribution in [2.45, 2.75) is 38.0 Å². The van der Waals surface area contributed by atoms with Gasteiger partial charge in [-0.3, -0.25) is 19.4 Å². The SMILES string of the molecule is C=CCN(C)C(=O)[C@@H](c1ccccc1)N1CCN[C@H](C)C1.C=CCN(C)C(=O)[C@H](c1ccccc1)N1CCN[C@H](C)C1. The normalized spacial score (nSPS) is 20.8. The number of carbonyl (C=O) groups excluding carboxylic acids is 2. The third-order valence-corrected chi connectivity index (χ3v) is 7.79. The molecule has 0 unspecified atom stereocenters. The predicted molar refractivity (Wildman–Crippen MR) is 172 cm³/mol. The van der Waals surface area contributed by atoms with Gasteiger partial charge in [0.05, 0.1) is 0 Å². The van der Waals surface area contributed by atoms with Crippen molar-refractivity contribution in [3.63, 3.8) is 0 Å². The molecule has 2 saturated heterocycles. The van der Waals surface area contributed by atoms with Gasteiger partial charge in [-0.25, -0.2) is 0 Å². The second-order valence-electron chi connectivity index (χ2n) is 11.3. The maximum Gasteiger partial charge on any atom is 0.244 e. The van der Waals surface area contributed by atoms with E-state index in [9.17, 15) is 9.59 Å². The minimum absolute atomic E-state index is 0.134. The highest BCUT2D eigenvalue weighted by atomic mass is 16.2. The lowest BCUT2D eigenvalue weighted by Gasteiger charge is -2.38. The molecule has 0 spiro atoms. The van der Waals surface area contributed by atoms with E-state index in [1.165, 1.54) is 0 Å². The van der Waals surface area contributed by atoms with Gasteiger partial charge in [-0.05, 0) is 25.0 Å². The zero-order valence-electron chi connectivity index (χ0n) is 25.9. The van der Waals surface area contributed by atoms with Crippen molar-refractivity contribution in [3.8, 4) is 0 Å². The second-order valence-corrected chi connectivity index (χ2v) is 11.3.